The van der Waals surface area contributed by atoms with Crippen molar-refractivity contribution in [3.05, 3.63) is 59.3 Å². The number of nitrogens with zero attached hydrogens (tertiary/aromatic N) is 1. The Morgan fingerprint density at radius 3 is 2.48 bits per heavy atom. The quantitative estimate of drug-likeness (QED) is 0.387. The van der Waals surface area contributed by atoms with Crippen molar-refractivity contribution in [2.75, 3.05) is 13.7 Å². The molecule has 0 spiro atoms. The molecule has 1 aromatic heterocycles. The molecule has 1 aliphatic rings. The summed E-state index contributed by atoms with van der Waals surface area (Å²) >= 11 is -2.45. The Bertz CT molecular complexity index is 1080. The van der Waals surface area contributed by atoms with Crippen molar-refractivity contribution in [1.29, 1.82) is 0 Å². The van der Waals surface area contributed by atoms with Gasteiger partial charge in [-0.1, -0.05) is 0 Å². The topological polar surface area (TPSA) is 106 Å². The third-order valence-corrected chi connectivity index (χ3v) is 15.3. The van der Waals surface area contributed by atoms with Crippen LogP contribution < -0.4 is 8.77 Å². The van der Waals surface area contributed by atoms with Crippen molar-refractivity contribution in [2.45, 2.75) is 38.9 Å². The fourth-order valence-corrected chi connectivity index (χ4v) is 12.4. The van der Waals surface area contributed by atoms with E-state index in [9.17, 15) is 18.3 Å². The average Bonchev–Trinajstić information content (AvgIpc) is 3.29. The first-order valence-corrected chi connectivity index (χ1v) is 18.3. The third kappa shape index (κ3) is 5.15. The van der Waals surface area contributed by atoms with Gasteiger partial charge >= 0.3 is 192 Å². The first kappa shape index (κ1) is 23.8. The van der Waals surface area contributed by atoms with E-state index in [1.54, 1.807) is 32.2 Å². The summed E-state index contributed by atoms with van der Waals surface area (Å²) in [6, 6.07) is 7.72. The summed E-state index contributed by atoms with van der Waals surface area (Å²) in [6.45, 7) is 3.63. The molecule has 0 radical (unpaired) electrons. The second-order valence-corrected chi connectivity index (χ2v) is 17.7. The summed E-state index contributed by atoms with van der Waals surface area (Å²) in [5.74, 6) is -1.10. The Morgan fingerprint density at radius 2 is 1.90 bits per heavy atom. The molecule has 3 rings (SSSR count). The molecular weight excluding hydrogens is 519 g/mol. The van der Waals surface area contributed by atoms with Crippen molar-refractivity contribution in [1.82, 2.24) is 10.3 Å². The molecule has 0 fully saturated rings. The van der Waals surface area contributed by atoms with Crippen LogP contribution in [0.1, 0.15) is 41.5 Å². The predicted molar refractivity (Wildman–Crippen MR) is 121 cm³/mol. The van der Waals surface area contributed by atoms with Crippen LogP contribution in [-0.2, 0) is 20.3 Å². The van der Waals surface area contributed by atoms with E-state index < -0.39 is 43.0 Å². The Hall–Kier alpha value is -1.84. The monoisotopic (exact) mass is 546 g/mol. The predicted octanol–water partition coefficient (Wildman–Crippen LogP) is 2.49. The third-order valence-electron chi connectivity index (χ3n) is 5.48. The van der Waals surface area contributed by atoms with Crippen LogP contribution >= 0.6 is 0 Å². The molecule has 1 atom stereocenters. The van der Waals surface area contributed by atoms with Gasteiger partial charge in [-0.15, -0.1) is 0 Å². The number of aromatic hydroxyl groups is 1. The molecule has 2 aromatic rings. The van der Waals surface area contributed by atoms with E-state index in [0.717, 1.165) is 8.35 Å². The number of sulfone groups is 1. The second-order valence-electron chi connectivity index (χ2n) is 7.52. The molecule has 7 nitrogen and oxygen atoms in total. The van der Waals surface area contributed by atoms with E-state index >= 15 is 0 Å². The zero-order valence-electron chi connectivity index (χ0n) is 18.0. The summed E-state index contributed by atoms with van der Waals surface area (Å²) in [7, 11) is -2.03. The number of allylic oxidation sites excluding steroid dienone is 2. The molecule has 9 heteroatoms. The van der Waals surface area contributed by atoms with Crippen molar-refractivity contribution in [3.8, 4) is 5.75 Å². The summed E-state index contributed by atoms with van der Waals surface area (Å²) in [5.41, 5.74) is 0.560. The van der Waals surface area contributed by atoms with Gasteiger partial charge in [-0.2, -0.15) is 0 Å². The zero-order chi connectivity index (χ0) is 22.6. The van der Waals surface area contributed by atoms with Gasteiger partial charge < -0.3 is 0 Å². The molecule has 164 valence electrons. The molecule has 0 amide bonds. The number of hydrogen-bond acceptors (Lipinski definition) is 7. The Kier molecular flexibility index (Phi) is 7.83. The van der Waals surface area contributed by atoms with Gasteiger partial charge in [-0.05, 0) is 0 Å². The number of aromatic nitrogens is 1. The van der Waals surface area contributed by atoms with Crippen LogP contribution in [0.5, 0.6) is 5.75 Å². The van der Waals surface area contributed by atoms with Crippen molar-refractivity contribution < 1.29 is 23.1 Å². The minimum absolute atomic E-state index is 0.00950. The molecular formula is C22H27InN2O5S. The molecule has 1 unspecified atom stereocenters. The number of carbonyl (C=O) groups excluding carboxylic acids is 1. The number of hydrogen-bond donors (Lipinski definition) is 2. The molecule has 1 aromatic carbocycles. The van der Waals surface area contributed by atoms with E-state index in [-0.39, 0.29) is 34.6 Å². The number of nitrogens with one attached hydrogen (secondary N) is 1. The van der Waals surface area contributed by atoms with Gasteiger partial charge in [0, 0.05) is 0 Å². The number of benzene rings is 1. The standard InChI is InChI=1S/C18H21N2O5S.C4H6.In/c1-4-25-18(22)17-14(20-10-15(21)16(17)12(2)19-3)11-26(23,24)13-8-6-5-7-9-13;1-3-4-2;/h5-9,12,19,21H,4,11H2,1-3H3;3-4H,1-2H2;. The molecule has 0 bridgehead atoms. The number of esters is 1. The van der Waals surface area contributed by atoms with E-state index in [2.05, 4.69) is 22.5 Å². The summed E-state index contributed by atoms with van der Waals surface area (Å²) in [5, 5.41) is 14.2. The molecule has 0 saturated carbocycles. The summed E-state index contributed by atoms with van der Waals surface area (Å²) in [4.78, 5) is 17.7. The number of carbonyl (C=O) groups is 1. The molecule has 0 aliphatic carbocycles. The van der Waals surface area contributed by atoms with E-state index in [4.69, 9.17) is 4.74 Å². The SMILES string of the molecule is CCOC(=O)c1c(CS(=O)(=O)c2ccccc2)n[c]([In]2[CH2]C=C[CH2]2)c(O)c1C(C)NC. The van der Waals surface area contributed by atoms with E-state index in [1.165, 1.54) is 12.1 Å². The molecule has 1 aliphatic heterocycles. The van der Waals surface area contributed by atoms with E-state index in [0.29, 0.717) is 9.01 Å². The Labute approximate surface area is 191 Å². The van der Waals surface area contributed by atoms with Crippen LogP contribution in [0, 0.1) is 0 Å². The number of rotatable bonds is 8. The maximum absolute atomic E-state index is 13.1. The fourth-order valence-electron chi connectivity index (χ4n) is 3.78. The van der Waals surface area contributed by atoms with Crippen LogP contribution in [0.25, 0.3) is 0 Å². The first-order valence-electron chi connectivity index (χ1n) is 10.3. The Balaban J connectivity index is 2.23. The second kappa shape index (κ2) is 10.2. The number of ether oxygens (including phenoxy) is 1. The number of pyridine rings is 1. The molecule has 2 heterocycles. The first-order chi connectivity index (χ1) is 14.8. The van der Waals surface area contributed by atoms with Crippen LogP contribution in [0.2, 0.25) is 8.35 Å². The molecule has 31 heavy (non-hydrogen) atoms. The van der Waals surface area contributed by atoms with Gasteiger partial charge in [-0.25, -0.2) is 0 Å². The van der Waals surface area contributed by atoms with Gasteiger partial charge in [0.25, 0.3) is 0 Å². The van der Waals surface area contributed by atoms with Crippen molar-refractivity contribution >= 4 is 40.7 Å². The summed E-state index contributed by atoms with van der Waals surface area (Å²) in [6.07, 6.45) is 4.20. The zero-order valence-corrected chi connectivity index (χ0v) is 22.1. The average molecular weight is 546 g/mol. The molecule has 0 saturated heterocycles. The van der Waals surface area contributed by atoms with Gasteiger partial charge in [0.05, 0.1) is 0 Å². The molecule has 2 N–H and O–H groups in total. The van der Waals surface area contributed by atoms with Gasteiger partial charge in [-0.3, -0.25) is 0 Å². The van der Waals surface area contributed by atoms with Crippen LogP contribution in [0.3, 0.4) is 0 Å². The normalized spacial score (nSPS) is 14.6. The van der Waals surface area contributed by atoms with E-state index in [1.807, 2.05) is 6.92 Å². The van der Waals surface area contributed by atoms with Gasteiger partial charge in [0.15, 0.2) is 0 Å². The maximum atomic E-state index is 13.1. The van der Waals surface area contributed by atoms with Gasteiger partial charge in [0.2, 0.25) is 0 Å². The van der Waals surface area contributed by atoms with Crippen LogP contribution in [-0.4, -0.2) is 59.6 Å². The van der Waals surface area contributed by atoms with Gasteiger partial charge in [0.1, 0.15) is 0 Å². The summed E-state index contributed by atoms with van der Waals surface area (Å²) < 4.78 is 33.9. The van der Waals surface area contributed by atoms with Crippen LogP contribution in [0.4, 0.5) is 0 Å². The van der Waals surface area contributed by atoms with Crippen molar-refractivity contribution in [2.24, 2.45) is 0 Å². The fraction of sp³-hybridized carbons (Fsp3) is 0.364. The minimum atomic E-state index is -3.75. The van der Waals surface area contributed by atoms with Crippen LogP contribution in [0.15, 0.2) is 47.4 Å². The Morgan fingerprint density at radius 1 is 1.26 bits per heavy atom. The van der Waals surface area contributed by atoms with Crippen molar-refractivity contribution in [3.63, 3.8) is 0 Å².